The monoisotopic (exact) mass is 389 g/mol. The number of hydrogen-bond donors (Lipinski definition) is 0. The third kappa shape index (κ3) is 7.47. The van der Waals surface area contributed by atoms with Crippen molar-refractivity contribution in [2.75, 3.05) is 20.1 Å². The topological polar surface area (TPSA) is 0 Å². The predicted octanol–water partition coefficient (Wildman–Crippen LogP) is 4.72. The summed E-state index contributed by atoms with van der Waals surface area (Å²) in [6, 6.07) is 15.6. The molecular weight excluding hydrogens is 350 g/mol. The summed E-state index contributed by atoms with van der Waals surface area (Å²) in [4.78, 5) is 0. The third-order valence-electron chi connectivity index (χ3n) is 6.05. The second-order valence-electron chi connectivity index (χ2n) is 8.12. The van der Waals surface area contributed by atoms with E-state index in [0.717, 1.165) is 11.0 Å². The van der Waals surface area contributed by atoms with Crippen molar-refractivity contribution in [3.63, 3.8) is 0 Å². The van der Waals surface area contributed by atoms with Crippen LogP contribution in [0, 0.1) is 0 Å². The lowest BCUT2D eigenvalue weighted by molar-refractivity contribution is -0.00000558. The van der Waals surface area contributed by atoms with Crippen LogP contribution in [0.4, 0.5) is 5.69 Å². The van der Waals surface area contributed by atoms with Gasteiger partial charge in [-0.15, -0.1) is 0 Å². The zero-order chi connectivity index (χ0) is 18.7. The highest BCUT2D eigenvalue weighted by atomic mass is 35.5. The Morgan fingerprint density at radius 1 is 0.667 bits per heavy atom. The molecule has 0 bridgehead atoms. The molecule has 0 aromatic heterocycles. The standard InChI is InChI=1S/C25H40N.ClH/c1-4-6-7-8-9-10-11-12-13-16-22-26(3,5-2)25-21-17-19-23-18-14-15-20-24(23)25;/h14-15,17-21H,4-13,16,22H2,1-3H3;1H/q+1;/p-1. The van der Waals surface area contributed by atoms with Gasteiger partial charge in [0.15, 0.2) is 0 Å². The number of nitrogens with zero attached hydrogens (tertiary/aromatic N) is 1. The highest BCUT2D eigenvalue weighted by Gasteiger charge is 2.24. The van der Waals surface area contributed by atoms with Crippen LogP contribution >= 0.6 is 0 Å². The van der Waals surface area contributed by atoms with Crippen molar-refractivity contribution in [1.82, 2.24) is 4.48 Å². The Bertz CT molecular complexity index is 634. The molecule has 0 aliphatic carbocycles. The first-order chi connectivity index (χ1) is 12.7. The Morgan fingerprint density at radius 2 is 1.22 bits per heavy atom. The quantitative estimate of drug-likeness (QED) is 0.343. The van der Waals surface area contributed by atoms with Crippen LogP contribution < -0.4 is 16.9 Å². The SMILES string of the molecule is CCCCCCCCCCCC[N+](C)(CC)c1cccc2ccccc12.[Cl-]. The zero-order valence-electron chi connectivity index (χ0n) is 17.9. The van der Waals surface area contributed by atoms with Crippen molar-refractivity contribution < 1.29 is 12.4 Å². The lowest BCUT2D eigenvalue weighted by Gasteiger charge is -2.34. The van der Waals surface area contributed by atoms with E-state index in [4.69, 9.17) is 0 Å². The van der Waals surface area contributed by atoms with Crippen LogP contribution in [0.25, 0.3) is 10.8 Å². The minimum absolute atomic E-state index is 0. The molecular formula is C25H40ClN. The second-order valence-corrected chi connectivity index (χ2v) is 8.12. The molecule has 2 rings (SSSR count). The van der Waals surface area contributed by atoms with Crippen molar-refractivity contribution in [2.24, 2.45) is 0 Å². The zero-order valence-corrected chi connectivity index (χ0v) is 18.6. The first-order valence-corrected chi connectivity index (χ1v) is 11.0. The van der Waals surface area contributed by atoms with Gasteiger partial charge < -0.3 is 12.4 Å². The second kappa shape index (κ2) is 13.2. The van der Waals surface area contributed by atoms with E-state index < -0.39 is 0 Å². The van der Waals surface area contributed by atoms with Gasteiger partial charge in [0.05, 0.1) is 20.1 Å². The van der Waals surface area contributed by atoms with Gasteiger partial charge in [-0.1, -0.05) is 88.6 Å². The number of rotatable bonds is 13. The fraction of sp³-hybridized carbons (Fsp3) is 0.600. The van der Waals surface area contributed by atoms with Gasteiger partial charge in [0.25, 0.3) is 0 Å². The lowest BCUT2D eigenvalue weighted by Crippen LogP contribution is -3.00. The molecule has 1 atom stereocenters. The predicted molar refractivity (Wildman–Crippen MR) is 119 cm³/mol. The van der Waals surface area contributed by atoms with E-state index in [2.05, 4.69) is 63.4 Å². The smallest absolute Gasteiger partial charge is 0.140 e. The number of fused-ring (bicyclic) bond motifs is 1. The summed E-state index contributed by atoms with van der Waals surface area (Å²) in [6.45, 7) is 7.03. The van der Waals surface area contributed by atoms with E-state index in [1.807, 2.05) is 0 Å². The van der Waals surface area contributed by atoms with Gasteiger partial charge in [0, 0.05) is 5.39 Å². The molecule has 0 aliphatic heterocycles. The van der Waals surface area contributed by atoms with Gasteiger partial charge in [-0.3, -0.25) is 4.48 Å². The molecule has 27 heavy (non-hydrogen) atoms. The van der Waals surface area contributed by atoms with Crippen molar-refractivity contribution in [3.05, 3.63) is 42.5 Å². The largest absolute Gasteiger partial charge is 1.00 e. The summed E-state index contributed by atoms with van der Waals surface area (Å²) >= 11 is 0. The molecule has 152 valence electrons. The molecule has 0 fully saturated rings. The van der Waals surface area contributed by atoms with E-state index >= 15 is 0 Å². The molecule has 0 saturated carbocycles. The van der Waals surface area contributed by atoms with Gasteiger partial charge in [0.2, 0.25) is 0 Å². The molecule has 2 heteroatoms. The third-order valence-corrected chi connectivity index (χ3v) is 6.05. The molecule has 1 nitrogen and oxygen atoms in total. The average molecular weight is 390 g/mol. The molecule has 0 radical (unpaired) electrons. The summed E-state index contributed by atoms with van der Waals surface area (Å²) in [6.07, 6.45) is 14.1. The van der Waals surface area contributed by atoms with Crippen LogP contribution in [0.2, 0.25) is 0 Å². The molecule has 0 amide bonds. The summed E-state index contributed by atoms with van der Waals surface area (Å²) in [5.41, 5.74) is 1.49. The molecule has 2 aromatic rings. The van der Waals surface area contributed by atoms with Gasteiger partial charge in [0.1, 0.15) is 5.69 Å². The lowest BCUT2D eigenvalue weighted by atomic mass is 10.0. The Morgan fingerprint density at radius 3 is 1.85 bits per heavy atom. The van der Waals surface area contributed by atoms with Crippen molar-refractivity contribution in [3.8, 4) is 0 Å². The Balaban J connectivity index is 0.00000364. The minimum Gasteiger partial charge on any atom is -1.00 e. The molecule has 0 aliphatic rings. The minimum atomic E-state index is 0. The van der Waals surface area contributed by atoms with Crippen LogP contribution in [0.5, 0.6) is 0 Å². The highest BCUT2D eigenvalue weighted by Crippen LogP contribution is 2.31. The van der Waals surface area contributed by atoms with Crippen LogP contribution in [-0.2, 0) is 0 Å². The maximum atomic E-state index is 2.41. The van der Waals surface area contributed by atoms with Crippen LogP contribution in [-0.4, -0.2) is 20.1 Å². The van der Waals surface area contributed by atoms with E-state index in [9.17, 15) is 0 Å². The summed E-state index contributed by atoms with van der Waals surface area (Å²) < 4.78 is 1.05. The van der Waals surface area contributed by atoms with E-state index in [0.29, 0.717) is 0 Å². The van der Waals surface area contributed by atoms with Gasteiger partial charge >= 0.3 is 0 Å². The van der Waals surface area contributed by atoms with Crippen molar-refractivity contribution >= 4 is 16.5 Å². The van der Waals surface area contributed by atoms with E-state index in [1.54, 1.807) is 0 Å². The van der Waals surface area contributed by atoms with Crippen molar-refractivity contribution in [1.29, 1.82) is 0 Å². The number of unbranched alkanes of at least 4 members (excludes halogenated alkanes) is 9. The molecule has 0 N–H and O–H groups in total. The molecule has 0 spiro atoms. The first kappa shape index (κ1) is 24.0. The van der Waals surface area contributed by atoms with Gasteiger partial charge in [-0.25, -0.2) is 0 Å². The first-order valence-electron chi connectivity index (χ1n) is 11.0. The number of quaternary nitrogens is 1. The number of benzene rings is 2. The average Bonchev–Trinajstić information content (AvgIpc) is 2.68. The van der Waals surface area contributed by atoms with Crippen LogP contribution in [0.15, 0.2) is 42.5 Å². The van der Waals surface area contributed by atoms with Crippen molar-refractivity contribution in [2.45, 2.75) is 78.1 Å². The summed E-state index contributed by atoms with van der Waals surface area (Å²) in [5, 5.41) is 2.79. The Labute approximate surface area is 174 Å². The van der Waals surface area contributed by atoms with Gasteiger partial charge in [-0.05, 0) is 37.3 Å². The number of hydrogen-bond acceptors (Lipinski definition) is 0. The molecule has 0 heterocycles. The summed E-state index contributed by atoms with van der Waals surface area (Å²) in [7, 11) is 2.41. The molecule has 2 aromatic carbocycles. The Hall–Kier alpha value is -1.05. The maximum Gasteiger partial charge on any atom is 0.140 e. The molecule has 1 unspecified atom stereocenters. The van der Waals surface area contributed by atoms with Crippen LogP contribution in [0.1, 0.15) is 78.1 Å². The fourth-order valence-corrected chi connectivity index (χ4v) is 4.08. The molecule has 0 saturated heterocycles. The Kier molecular flexibility index (Phi) is 11.7. The van der Waals surface area contributed by atoms with Crippen LogP contribution in [0.3, 0.4) is 0 Å². The van der Waals surface area contributed by atoms with Gasteiger partial charge in [-0.2, -0.15) is 0 Å². The van der Waals surface area contributed by atoms with E-state index in [-0.39, 0.29) is 12.4 Å². The fourth-order valence-electron chi connectivity index (χ4n) is 4.08. The normalized spacial score (nSPS) is 13.3. The summed E-state index contributed by atoms with van der Waals surface area (Å²) in [5.74, 6) is 0. The number of halogens is 1. The maximum absolute atomic E-state index is 2.41. The van der Waals surface area contributed by atoms with E-state index in [1.165, 1.54) is 87.2 Å². The highest BCUT2D eigenvalue weighted by molar-refractivity contribution is 5.93.